The Bertz CT molecular complexity index is 148. The zero-order valence-corrected chi connectivity index (χ0v) is 12.6. The monoisotopic (exact) mass is 226 g/mol. The average molecular weight is 226 g/mol. The van der Waals surface area contributed by atoms with Crippen LogP contribution in [0.1, 0.15) is 86.5 Å². The highest BCUT2D eigenvalue weighted by atomic mass is 14.3. The maximum atomic E-state index is 2.34. The topological polar surface area (TPSA) is 0 Å². The first-order valence-electron chi connectivity index (χ1n) is 7.41. The zero-order chi connectivity index (χ0) is 12.6. The molecule has 0 spiro atoms. The molecule has 1 rings (SSSR count). The number of unbranched alkanes of at least 4 members (excludes halogenated alkanes) is 1. The van der Waals surface area contributed by atoms with Gasteiger partial charge >= 0.3 is 0 Å². The van der Waals surface area contributed by atoms with Crippen LogP contribution in [-0.2, 0) is 0 Å². The lowest BCUT2D eigenvalue weighted by molar-refractivity contribution is 0.141. The minimum Gasteiger partial charge on any atom is -0.0654 e. The molecular weight excluding hydrogens is 192 g/mol. The van der Waals surface area contributed by atoms with Crippen LogP contribution in [0.25, 0.3) is 0 Å². The van der Waals surface area contributed by atoms with E-state index >= 15 is 0 Å². The summed E-state index contributed by atoms with van der Waals surface area (Å²) in [6, 6.07) is 0. The zero-order valence-electron chi connectivity index (χ0n) is 12.6. The van der Waals surface area contributed by atoms with Crippen molar-refractivity contribution >= 4 is 0 Å². The van der Waals surface area contributed by atoms with Crippen LogP contribution in [0.2, 0.25) is 0 Å². The highest BCUT2D eigenvalue weighted by Crippen LogP contribution is 2.40. The minimum atomic E-state index is 0.595. The van der Waals surface area contributed by atoms with E-state index in [2.05, 4.69) is 41.5 Å². The van der Waals surface area contributed by atoms with Crippen LogP contribution in [0.15, 0.2) is 0 Å². The van der Waals surface area contributed by atoms with Crippen molar-refractivity contribution in [1.29, 1.82) is 0 Å². The van der Waals surface area contributed by atoms with Crippen LogP contribution in [0.5, 0.6) is 0 Å². The smallest absolute Gasteiger partial charge is 0.0354 e. The molecule has 1 fully saturated rings. The molecule has 1 aliphatic rings. The molecule has 0 nitrogen and oxygen atoms in total. The Labute approximate surface area is 104 Å². The second-order valence-electron chi connectivity index (χ2n) is 6.65. The summed E-state index contributed by atoms with van der Waals surface area (Å²) >= 11 is 0. The lowest BCUT2D eigenvalue weighted by atomic mass is 9.69. The Kier molecular flexibility index (Phi) is 8.14. The summed E-state index contributed by atoms with van der Waals surface area (Å²) in [7, 11) is 0. The van der Waals surface area contributed by atoms with Crippen molar-refractivity contribution in [3.05, 3.63) is 0 Å². The quantitative estimate of drug-likeness (QED) is 0.547. The molecule has 0 radical (unpaired) electrons. The van der Waals surface area contributed by atoms with Crippen molar-refractivity contribution in [2.45, 2.75) is 86.5 Å². The van der Waals surface area contributed by atoms with Gasteiger partial charge in [-0.1, -0.05) is 73.6 Å². The molecule has 1 atom stereocenters. The van der Waals surface area contributed by atoms with Gasteiger partial charge in [-0.3, -0.25) is 0 Å². The SMILES string of the molecule is CC(C)(C)C1CCC1.CCCCC(C)CC. The predicted octanol–water partition coefficient (Wildman–Crippen LogP) is 6.06. The van der Waals surface area contributed by atoms with Gasteiger partial charge < -0.3 is 0 Å². The third-order valence-electron chi connectivity index (χ3n) is 4.08. The van der Waals surface area contributed by atoms with Crippen LogP contribution in [-0.4, -0.2) is 0 Å². The molecule has 16 heavy (non-hydrogen) atoms. The summed E-state index contributed by atoms with van der Waals surface area (Å²) in [5.74, 6) is 1.98. The molecule has 0 saturated heterocycles. The summed E-state index contributed by atoms with van der Waals surface area (Å²) < 4.78 is 0. The summed E-state index contributed by atoms with van der Waals surface area (Å²) in [6.45, 7) is 13.9. The highest BCUT2D eigenvalue weighted by molar-refractivity contribution is 4.80. The fourth-order valence-corrected chi connectivity index (χ4v) is 2.03. The summed E-state index contributed by atoms with van der Waals surface area (Å²) in [5, 5.41) is 0. The molecule has 0 heteroatoms. The van der Waals surface area contributed by atoms with Crippen LogP contribution in [0.4, 0.5) is 0 Å². The van der Waals surface area contributed by atoms with Crippen molar-refractivity contribution < 1.29 is 0 Å². The summed E-state index contributed by atoms with van der Waals surface area (Å²) in [5.41, 5.74) is 0.595. The molecule has 0 amide bonds. The van der Waals surface area contributed by atoms with E-state index in [0.717, 1.165) is 11.8 Å². The van der Waals surface area contributed by atoms with Gasteiger partial charge in [0, 0.05) is 0 Å². The number of rotatable bonds is 4. The van der Waals surface area contributed by atoms with Gasteiger partial charge in [-0.25, -0.2) is 0 Å². The van der Waals surface area contributed by atoms with Crippen molar-refractivity contribution in [1.82, 2.24) is 0 Å². The van der Waals surface area contributed by atoms with Gasteiger partial charge in [-0.2, -0.15) is 0 Å². The molecule has 0 aromatic heterocycles. The molecule has 1 aliphatic carbocycles. The lowest BCUT2D eigenvalue weighted by Crippen LogP contribution is -2.26. The normalized spacial score (nSPS) is 18.4. The fraction of sp³-hybridized carbons (Fsp3) is 1.00. The Morgan fingerprint density at radius 1 is 1.12 bits per heavy atom. The van der Waals surface area contributed by atoms with Crippen LogP contribution in [0.3, 0.4) is 0 Å². The first-order valence-corrected chi connectivity index (χ1v) is 7.41. The van der Waals surface area contributed by atoms with Gasteiger partial charge in [0.25, 0.3) is 0 Å². The Morgan fingerprint density at radius 2 is 1.69 bits per heavy atom. The van der Waals surface area contributed by atoms with E-state index in [1.54, 1.807) is 0 Å². The lowest BCUT2D eigenvalue weighted by Gasteiger charge is -2.37. The molecule has 0 aromatic carbocycles. The van der Waals surface area contributed by atoms with Gasteiger partial charge in [-0.05, 0) is 30.1 Å². The van der Waals surface area contributed by atoms with Crippen molar-refractivity contribution in [2.75, 3.05) is 0 Å². The van der Waals surface area contributed by atoms with E-state index in [1.807, 2.05) is 0 Å². The maximum Gasteiger partial charge on any atom is -0.0354 e. The van der Waals surface area contributed by atoms with Crippen molar-refractivity contribution in [3.63, 3.8) is 0 Å². The van der Waals surface area contributed by atoms with E-state index in [9.17, 15) is 0 Å². The molecular formula is C16H34. The predicted molar refractivity (Wildman–Crippen MR) is 75.8 cm³/mol. The molecule has 0 N–H and O–H groups in total. The largest absolute Gasteiger partial charge is 0.0654 e. The van der Waals surface area contributed by atoms with Gasteiger partial charge in [0.2, 0.25) is 0 Å². The molecule has 0 aliphatic heterocycles. The third-order valence-corrected chi connectivity index (χ3v) is 4.08. The first kappa shape index (κ1) is 16.0. The average Bonchev–Trinajstić information content (AvgIpc) is 2.09. The summed E-state index contributed by atoms with van der Waals surface area (Å²) in [6.07, 6.45) is 9.96. The number of hydrogen-bond donors (Lipinski definition) is 0. The van der Waals surface area contributed by atoms with Gasteiger partial charge in [-0.15, -0.1) is 0 Å². The Morgan fingerprint density at radius 3 is 1.88 bits per heavy atom. The minimum absolute atomic E-state index is 0.595. The molecule has 0 aromatic rings. The van der Waals surface area contributed by atoms with E-state index in [0.29, 0.717) is 5.41 Å². The molecule has 0 heterocycles. The molecule has 1 saturated carbocycles. The third kappa shape index (κ3) is 7.30. The van der Waals surface area contributed by atoms with Gasteiger partial charge in [0.1, 0.15) is 0 Å². The first-order chi connectivity index (χ1) is 7.41. The van der Waals surface area contributed by atoms with Crippen LogP contribution >= 0.6 is 0 Å². The van der Waals surface area contributed by atoms with E-state index in [1.165, 1.54) is 44.9 Å². The highest BCUT2D eigenvalue weighted by Gasteiger charge is 2.29. The fourth-order valence-electron chi connectivity index (χ4n) is 2.03. The maximum absolute atomic E-state index is 2.34. The van der Waals surface area contributed by atoms with Crippen LogP contribution < -0.4 is 0 Å². The van der Waals surface area contributed by atoms with E-state index in [4.69, 9.17) is 0 Å². The molecule has 98 valence electrons. The van der Waals surface area contributed by atoms with E-state index < -0.39 is 0 Å². The van der Waals surface area contributed by atoms with Gasteiger partial charge in [0.15, 0.2) is 0 Å². The number of hydrogen-bond acceptors (Lipinski definition) is 0. The standard InChI is InChI=1S/C8H16.C8H18/c1-8(2,3)7-5-4-6-7;1-4-6-7-8(3)5-2/h7H,4-6H2,1-3H3;8H,4-7H2,1-3H3. The van der Waals surface area contributed by atoms with Crippen molar-refractivity contribution in [2.24, 2.45) is 17.3 Å². The second-order valence-corrected chi connectivity index (χ2v) is 6.65. The van der Waals surface area contributed by atoms with Gasteiger partial charge in [0.05, 0.1) is 0 Å². The second kappa shape index (κ2) is 8.14. The molecule has 0 bridgehead atoms. The van der Waals surface area contributed by atoms with E-state index in [-0.39, 0.29) is 0 Å². The summed E-state index contributed by atoms with van der Waals surface area (Å²) in [4.78, 5) is 0. The Hall–Kier alpha value is 0. The molecule has 1 unspecified atom stereocenters. The van der Waals surface area contributed by atoms with Crippen LogP contribution in [0, 0.1) is 17.3 Å². The Balaban J connectivity index is 0.000000281. The van der Waals surface area contributed by atoms with Crippen molar-refractivity contribution in [3.8, 4) is 0 Å².